The third kappa shape index (κ3) is 2.14. The zero-order chi connectivity index (χ0) is 12.4. The first-order chi connectivity index (χ1) is 8.13. The molecule has 0 spiro atoms. The molecule has 0 amide bonds. The summed E-state index contributed by atoms with van der Waals surface area (Å²) in [6, 6.07) is 5.07. The molecule has 0 aliphatic rings. The summed E-state index contributed by atoms with van der Waals surface area (Å²) in [6.45, 7) is 0.635. The smallest absolute Gasteiger partial charge is 0.408 e. The maximum absolute atomic E-state index is 11.8. The number of rotatable bonds is 4. The molecule has 90 valence electrons. The van der Waals surface area contributed by atoms with Crippen molar-refractivity contribution >= 4 is 16.9 Å². The Morgan fingerprint density at radius 1 is 1.47 bits per heavy atom. The van der Waals surface area contributed by atoms with Crippen LogP contribution < -0.4 is 11.1 Å². The Balaban J connectivity index is 2.38. The molecule has 0 aliphatic heterocycles. The van der Waals surface area contributed by atoms with Crippen molar-refractivity contribution in [2.75, 3.05) is 13.6 Å². The number of Topliss-reactive ketones (excluding diaryl/α,β-unsaturated/α-hetero) is 1. The summed E-state index contributed by atoms with van der Waals surface area (Å²) in [5.41, 5.74) is 1.72. The van der Waals surface area contributed by atoms with Gasteiger partial charge < -0.3 is 9.73 Å². The van der Waals surface area contributed by atoms with Crippen molar-refractivity contribution in [2.24, 2.45) is 7.05 Å². The van der Waals surface area contributed by atoms with Crippen molar-refractivity contribution in [1.82, 2.24) is 9.88 Å². The molecule has 0 radical (unpaired) electrons. The maximum Gasteiger partial charge on any atom is 0.419 e. The number of nitrogens with zero attached hydrogens (tertiary/aromatic N) is 1. The topological polar surface area (TPSA) is 64.2 Å². The SMILES string of the molecule is CNCCC(=O)c1ccc2c(c1)oc(=O)n2C. The van der Waals surface area contributed by atoms with Crippen molar-refractivity contribution < 1.29 is 9.21 Å². The Morgan fingerprint density at radius 2 is 2.24 bits per heavy atom. The molecule has 0 saturated heterocycles. The highest BCUT2D eigenvalue weighted by Crippen LogP contribution is 2.15. The summed E-state index contributed by atoms with van der Waals surface area (Å²) < 4.78 is 6.45. The standard InChI is InChI=1S/C12H14N2O3/c1-13-6-5-10(15)8-3-4-9-11(7-8)17-12(16)14(9)2/h3-4,7,13H,5-6H2,1-2H3. The van der Waals surface area contributed by atoms with Crippen LogP contribution in [0.2, 0.25) is 0 Å². The van der Waals surface area contributed by atoms with Crippen molar-refractivity contribution in [3.8, 4) is 0 Å². The van der Waals surface area contributed by atoms with Gasteiger partial charge in [0, 0.05) is 25.6 Å². The van der Waals surface area contributed by atoms with Gasteiger partial charge in [0.1, 0.15) is 0 Å². The van der Waals surface area contributed by atoms with Gasteiger partial charge >= 0.3 is 5.76 Å². The third-order valence-electron chi connectivity index (χ3n) is 2.72. The molecule has 1 heterocycles. The molecule has 17 heavy (non-hydrogen) atoms. The van der Waals surface area contributed by atoms with Crippen molar-refractivity contribution in [1.29, 1.82) is 0 Å². The number of ketones is 1. The second kappa shape index (κ2) is 4.55. The van der Waals surface area contributed by atoms with Gasteiger partial charge in [-0.2, -0.15) is 0 Å². The van der Waals surface area contributed by atoms with E-state index in [1.54, 1.807) is 32.3 Å². The molecule has 2 aromatic rings. The average Bonchev–Trinajstić information content (AvgIpc) is 2.61. The van der Waals surface area contributed by atoms with Crippen LogP contribution in [0.3, 0.4) is 0 Å². The molecule has 1 aromatic heterocycles. The molecule has 0 bridgehead atoms. The Labute approximate surface area is 98.0 Å². The van der Waals surface area contributed by atoms with E-state index < -0.39 is 5.76 Å². The fourth-order valence-electron chi connectivity index (χ4n) is 1.69. The molecule has 1 aromatic carbocycles. The number of hydrogen-bond acceptors (Lipinski definition) is 4. The molecular weight excluding hydrogens is 220 g/mol. The zero-order valence-corrected chi connectivity index (χ0v) is 9.82. The maximum atomic E-state index is 11.8. The highest BCUT2D eigenvalue weighted by atomic mass is 16.4. The van der Waals surface area contributed by atoms with Crippen molar-refractivity contribution in [2.45, 2.75) is 6.42 Å². The van der Waals surface area contributed by atoms with E-state index in [4.69, 9.17) is 4.42 Å². The first-order valence-corrected chi connectivity index (χ1v) is 5.41. The van der Waals surface area contributed by atoms with Gasteiger partial charge in [-0.25, -0.2) is 4.79 Å². The first-order valence-electron chi connectivity index (χ1n) is 5.41. The number of aryl methyl sites for hydroxylation is 1. The van der Waals surface area contributed by atoms with Gasteiger partial charge in [-0.3, -0.25) is 9.36 Å². The average molecular weight is 234 g/mol. The molecule has 0 saturated carbocycles. The quantitative estimate of drug-likeness (QED) is 0.799. The summed E-state index contributed by atoms with van der Waals surface area (Å²) in [5, 5.41) is 2.92. The minimum atomic E-state index is -0.417. The molecule has 0 unspecified atom stereocenters. The largest absolute Gasteiger partial charge is 0.419 e. The Hall–Kier alpha value is -1.88. The number of carbonyl (C=O) groups excluding carboxylic acids is 1. The highest BCUT2D eigenvalue weighted by molar-refractivity contribution is 5.98. The summed E-state index contributed by atoms with van der Waals surface area (Å²) in [4.78, 5) is 23.1. The van der Waals surface area contributed by atoms with Crippen LogP contribution >= 0.6 is 0 Å². The summed E-state index contributed by atoms with van der Waals surface area (Å²) in [6.07, 6.45) is 0.430. The van der Waals surface area contributed by atoms with Gasteiger partial charge in [0.25, 0.3) is 0 Å². The second-order valence-corrected chi connectivity index (χ2v) is 3.89. The summed E-state index contributed by atoms with van der Waals surface area (Å²) >= 11 is 0. The molecule has 2 rings (SSSR count). The van der Waals surface area contributed by atoms with E-state index in [1.165, 1.54) is 4.57 Å². The fraction of sp³-hybridized carbons (Fsp3) is 0.333. The van der Waals surface area contributed by atoms with Gasteiger partial charge in [0.05, 0.1) is 5.52 Å². The number of oxazole rings is 1. The van der Waals surface area contributed by atoms with E-state index in [0.29, 0.717) is 29.6 Å². The predicted octanol–water partition coefficient (Wildman–Crippen LogP) is 0.924. The number of hydrogen-bond donors (Lipinski definition) is 1. The number of carbonyl (C=O) groups is 1. The lowest BCUT2D eigenvalue weighted by Gasteiger charge is -2.00. The van der Waals surface area contributed by atoms with Gasteiger partial charge in [0.15, 0.2) is 11.4 Å². The lowest BCUT2D eigenvalue weighted by Crippen LogP contribution is -2.13. The Bertz CT molecular complexity index is 610. The molecule has 0 atom stereocenters. The number of fused-ring (bicyclic) bond motifs is 1. The van der Waals surface area contributed by atoms with Crippen LogP contribution in [-0.4, -0.2) is 23.9 Å². The van der Waals surface area contributed by atoms with Crippen LogP contribution in [-0.2, 0) is 7.05 Å². The van der Waals surface area contributed by atoms with Crippen LogP contribution in [0.5, 0.6) is 0 Å². The first kappa shape index (κ1) is 11.6. The molecule has 1 N–H and O–H groups in total. The Morgan fingerprint density at radius 3 is 2.94 bits per heavy atom. The van der Waals surface area contributed by atoms with Crippen LogP contribution in [0.15, 0.2) is 27.4 Å². The Kier molecular flexibility index (Phi) is 3.10. The van der Waals surface area contributed by atoms with E-state index in [-0.39, 0.29) is 5.78 Å². The van der Waals surface area contributed by atoms with E-state index >= 15 is 0 Å². The number of aromatic nitrogens is 1. The van der Waals surface area contributed by atoms with E-state index in [9.17, 15) is 9.59 Å². The van der Waals surface area contributed by atoms with Crippen LogP contribution in [0.4, 0.5) is 0 Å². The number of nitrogens with one attached hydrogen (secondary N) is 1. The lowest BCUT2D eigenvalue weighted by molar-refractivity contribution is 0.0983. The molecular formula is C12H14N2O3. The summed E-state index contributed by atoms with van der Waals surface area (Å²) in [7, 11) is 3.43. The summed E-state index contributed by atoms with van der Waals surface area (Å²) in [5.74, 6) is -0.382. The number of benzene rings is 1. The van der Waals surface area contributed by atoms with Crippen molar-refractivity contribution in [3.05, 3.63) is 34.3 Å². The molecule has 0 aliphatic carbocycles. The normalized spacial score (nSPS) is 10.9. The minimum absolute atomic E-state index is 0.0350. The van der Waals surface area contributed by atoms with Crippen LogP contribution in [0.1, 0.15) is 16.8 Å². The highest BCUT2D eigenvalue weighted by Gasteiger charge is 2.10. The van der Waals surface area contributed by atoms with Gasteiger partial charge in [-0.05, 0) is 25.2 Å². The van der Waals surface area contributed by atoms with Gasteiger partial charge in [-0.15, -0.1) is 0 Å². The molecule has 5 nitrogen and oxygen atoms in total. The molecule has 5 heteroatoms. The second-order valence-electron chi connectivity index (χ2n) is 3.89. The van der Waals surface area contributed by atoms with Gasteiger partial charge in [-0.1, -0.05) is 0 Å². The zero-order valence-electron chi connectivity index (χ0n) is 9.82. The lowest BCUT2D eigenvalue weighted by atomic mass is 10.1. The van der Waals surface area contributed by atoms with Crippen molar-refractivity contribution in [3.63, 3.8) is 0 Å². The molecule has 0 fully saturated rings. The predicted molar refractivity (Wildman–Crippen MR) is 64.3 cm³/mol. The van der Waals surface area contributed by atoms with E-state index in [0.717, 1.165) is 0 Å². The fourth-order valence-corrected chi connectivity index (χ4v) is 1.69. The van der Waals surface area contributed by atoms with Crippen LogP contribution in [0, 0.1) is 0 Å². The van der Waals surface area contributed by atoms with E-state index in [1.807, 2.05) is 0 Å². The monoisotopic (exact) mass is 234 g/mol. The van der Waals surface area contributed by atoms with E-state index in [2.05, 4.69) is 5.32 Å². The van der Waals surface area contributed by atoms with Crippen LogP contribution in [0.25, 0.3) is 11.1 Å². The third-order valence-corrected chi connectivity index (χ3v) is 2.72. The van der Waals surface area contributed by atoms with Gasteiger partial charge in [0.2, 0.25) is 0 Å². The minimum Gasteiger partial charge on any atom is -0.408 e.